The van der Waals surface area contributed by atoms with Gasteiger partial charge in [0.25, 0.3) is 5.91 Å². The molecule has 2 aromatic rings. The fourth-order valence-electron chi connectivity index (χ4n) is 2.27. The Bertz CT molecular complexity index is 791. The van der Waals surface area contributed by atoms with Gasteiger partial charge in [0.15, 0.2) is 11.5 Å². The van der Waals surface area contributed by atoms with Crippen LogP contribution in [0.5, 0.6) is 11.5 Å². The molecule has 0 saturated heterocycles. The van der Waals surface area contributed by atoms with Crippen LogP contribution in [0, 0.1) is 5.82 Å². The van der Waals surface area contributed by atoms with Crippen LogP contribution in [0.15, 0.2) is 47.6 Å². The van der Waals surface area contributed by atoms with Crippen LogP contribution in [0.2, 0.25) is 0 Å². The predicted molar refractivity (Wildman–Crippen MR) is 92.7 cm³/mol. The zero-order valence-corrected chi connectivity index (χ0v) is 13.7. The van der Waals surface area contributed by atoms with Gasteiger partial charge in [-0.05, 0) is 49.4 Å². The highest BCUT2D eigenvalue weighted by Crippen LogP contribution is 2.30. The van der Waals surface area contributed by atoms with Gasteiger partial charge in [-0.25, -0.2) is 9.82 Å². The number of ether oxygens (including phenoxy) is 2. The quantitative estimate of drug-likeness (QED) is 0.646. The van der Waals surface area contributed by atoms with Gasteiger partial charge in [-0.15, -0.1) is 0 Å². The first-order valence-corrected chi connectivity index (χ1v) is 7.84. The van der Waals surface area contributed by atoms with E-state index in [-0.39, 0.29) is 18.3 Å². The molecule has 0 saturated carbocycles. The van der Waals surface area contributed by atoms with Gasteiger partial charge in [0.2, 0.25) is 0 Å². The highest BCUT2D eigenvalue weighted by Gasteiger charge is 2.12. The molecule has 0 aliphatic carbocycles. The predicted octanol–water partition coefficient (Wildman–Crippen LogP) is 2.55. The zero-order valence-electron chi connectivity index (χ0n) is 13.7. The summed E-state index contributed by atoms with van der Waals surface area (Å²) in [6.45, 7) is 2.87. The first-order chi connectivity index (χ1) is 12.1. The number of hydrazone groups is 1. The molecule has 7 heteroatoms. The fraction of sp³-hybridized carbons (Fsp3) is 0.222. The Morgan fingerprint density at radius 2 is 1.84 bits per heavy atom. The summed E-state index contributed by atoms with van der Waals surface area (Å²) in [6.07, 6.45) is 0. The van der Waals surface area contributed by atoms with Crippen LogP contribution >= 0.6 is 0 Å². The largest absolute Gasteiger partial charge is 0.486 e. The number of carbonyl (C=O) groups is 1. The maximum absolute atomic E-state index is 12.8. The van der Waals surface area contributed by atoms with Gasteiger partial charge in [-0.3, -0.25) is 4.79 Å². The van der Waals surface area contributed by atoms with Gasteiger partial charge in [0.05, 0.1) is 12.3 Å². The molecular formula is C18H18FN3O3. The van der Waals surface area contributed by atoms with E-state index in [0.29, 0.717) is 36.1 Å². The van der Waals surface area contributed by atoms with Gasteiger partial charge in [-0.2, -0.15) is 5.10 Å². The number of halogens is 1. The van der Waals surface area contributed by atoms with E-state index in [2.05, 4.69) is 15.8 Å². The number of hydrogen-bond donors (Lipinski definition) is 2. The van der Waals surface area contributed by atoms with E-state index in [1.165, 1.54) is 12.1 Å². The minimum atomic E-state index is -0.324. The lowest BCUT2D eigenvalue weighted by atomic mass is 10.1. The van der Waals surface area contributed by atoms with Crippen molar-refractivity contribution < 1.29 is 18.7 Å². The summed E-state index contributed by atoms with van der Waals surface area (Å²) in [6, 6.07) is 11.3. The summed E-state index contributed by atoms with van der Waals surface area (Å²) in [4.78, 5) is 11.9. The Balaban J connectivity index is 1.55. The summed E-state index contributed by atoms with van der Waals surface area (Å²) in [5.41, 5.74) is 4.61. The maximum Gasteiger partial charge on any atom is 0.259 e. The SMILES string of the molecule is C/C(=N/NC(=O)CNc1ccc(F)cc1)c1ccc2c(c1)OCCO2. The van der Waals surface area contributed by atoms with Gasteiger partial charge in [0, 0.05) is 11.3 Å². The van der Waals surface area contributed by atoms with Crippen molar-refractivity contribution in [1.29, 1.82) is 0 Å². The van der Waals surface area contributed by atoms with E-state index in [0.717, 1.165) is 5.56 Å². The second-order valence-corrected chi connectivity index (χ2v) is 5.45. The molecule has 2 aromatic carbocycles. The third kappa shape index (κ3) is 4.47. The third-order valence-electron chi connectivity index (χ3n) is 3.61. The van der Waals surface area contributed by atoms with Crippen LogP contribution in [0.3, 0.4) is 0 Å². The van der Waals surface area contributed by atoms with Crippen molar-refractivity contribution >= 4 is 17.3 Å². The van der Waals surface area contributed by atoms with Crippen LogP contribution in [-0.4, -0.2) is 31.4 Å². The van der Waals surface area contributed by atoms with Crippen molar-refractivity contribution in [2.75, 3.05) is 25.1 Å². The lowest BCUT2D eigenvalue weighted by Gasteiger charge is -2.18. The molecule has 0 fully saturated rings. The fourth-order valence-corrected chi connectivity index (χ4v) is 2.27. The van der Waals surface area contributed by atoms with E-state index in [4.69, 9.17) is 9.47 Å². The molecule has 1 amide bonds. The summed E-state index contributed by atoms with van der Waals surface area (Å²) in [5, 5.41) is 6.98. The molecule has 0 bridgehead atoms. The molecule has 1 aliphatic rings. The molecule has 0 aromatic heterocycles. The van der Waals surface area contributed by atoms with Crippen LogP contribution in [0.1, 0.15) is 12.5 Å². The number of hydrogen-bond acceptors (Lipinski definition) is 5. The van der Waals surface area contributed by atoms with Crippen LogP contribution < -0.4 is 20.2 Å². The molecule has 6 nitrogen and oxygen atoms in total. The van der Waals surface area contributed by atoms with Crippen molar-refractivity contribution in [1.82, 2.24) is 5.43 Å². The van der Waals surface area contributed by atoms with Crippen molar-refractivity contribution in [3.8, 4) is 11.5 Å². The van der Waals surface area contributed by atoms with E-state index in [1.807, 2.05) is 18.2 Å². The highest BCUT2D eigenvalue weighted by molar-refractivity contribution is 6.00. The van der Waals surface area contributed by atoms with Gasteiger partial charge in [0.1, 0.15) is 19.0 Å². The monoisotopic (exact) mass is 343 g/mol. The van der Waals surface area contributed by atoms with E-state index < -0.39 is 0 Å². The molecule has 2 N–H and O–H groups in total. The summed E-state index contributed by atoms with van der Waals surface area (Å²) >= 11 is 0. The number of amides is 1. The number of rotatable bonds is 5. The molecular weight excluding hydrogens is 325 g/mol. The number of anilines is 1. The topological polar surface area (TPSA) is 72.0 Å². The Labute approximate surface area is 144 Å². The van der Waals surface area contributed by atoms with Crippen molar-refractivity contribution in [2.45, 2.75) is 6.92 Å². The van der Waals surface area contributed by atoms with Crippen molar-refractivity contribution in [3.05, 3.63) is 53.8 Å². The molecule has 0 radical (unpaired) electrons. The molecule has 25 heavy (non-hydrogen) atoms. The number of nitrogens with zero attached hydrogens (tertiary/aromatic N) is 1. The molecule has 3 rings (SSSR count). The van der Waals surface area contributed by atoms with E-state index in [1.54, 1.807) is 19.1 Å². The van der Waals surface area contributed by atoms with E-state index >= 15 is 0 Å². The van der Waals surface area contributed by atoms with Crippen LogP contribution in [0.4, 0.5) is 10.1 Å². The van der Waals surface area contributed by atoms with Gasteiger partial charge < -0.3 is 14.8 Å². The molecule has 1 aliphatic heterocycles. The van der Waals surface area contributed by atoms with Gasteiger partial charge in [-0.1, -0.05) is 0 Å². The lowest BCUT2D eigenvalue weighted by Crippen LogP contribution is -2.26. The summed E-state index contributed by atoms with van der Waals surface area (Å²) in [5.74, 6) is 0.744. The second kappa shape index (κ2) is 7.65. The standard InChI is InChI=1S/C18H18FN3O3/c1-12(13-2-7-16-17(10-13)25-9-8-24-16)21-22-18(23)11-20-15-5-3-14(19)4-6-15/h2-7,10,20H,8-9,11H2,1H3,(H,22,23)/b21-12-. The van der Waals surface area contributed by atoms with Crippen LogP contribution in [-0.2, 0) is 4.79 Å². The molecule has 0 spiro atoms. The first-order valence-electron chi connectivity index (χ1n) is 7.84. The third-order valence-corrected chi connectivity index (χ3v) is 3.61. The maximum atomic E-state index is 12.8. The second-order valence-electron chi connectivity index (χ2n) is 5.45. The summed E-state index contributed by atoms with van der Waals surface area (Å²) in [7, 11) is 0. The Hall–Kier alpha value is -3.09. The highest BCUT2D eigenvalue weighted by atomic mass is 19.1. The Morgan fingerprint density at radius 1 is 1.12 bits per heavy atom. The smallest absolute Gasteiger partial charge is 0.259 e. The molecule has 0 atom stereocenters. The van der Waals surface area contributed by atoms with Gasteiger partial charge >= 0.3 is 0 Å². The normalized spacial score (nSPS) is 13.3. The van der Waals surface area contributed by atoms with Crippen LogP contribution in [0.25, 0.3) is 0 Å². The molecule has 1 heterocycles. The number of carbonyl (C=O) groups excluding carboxylic acids is 1. The molecule has 0 unspecified atom stereocenters. The number of nitrogens with one attached hydrogen (secondary N) is 2. The zero-order chi connectivity index (χ0) is 17.6. The lowest BCUT2D eigenvalue weighted by molar-refractivity contribution is -0.119. The molecule has 130 valence electrons. The summed E-state index contributed by atoms with van der Waals surface area (Å²) < 4.78 is 23.8. The van der Waals surface area contributed by atoms with E-state index in [9.17, 15) is 9.18 Å². The number of fused-ring (bicyclic) bond motifs is 1. The Kier molecular flexibility index (Phi) is 5.13. The number of benzene rings is 2. The first kappa shape index (κ1) is 16.8. The average molecular weight is 343 g/mol. The average Bonchev–Trinajstić information content (AvgIpc) is 2.65. The minimum Gasteiger partial charge on any atom is -0.486 e. The van der Waals surface area contributed by atoms with Crippen molar-refractivity contribution in [2.24, 2.45) is 5.10 Å². The van der Waals surface area contributed by atoms with Crippen molar-refractivity contribution in [3.63, 3.8) is 0 Å². The minimum absolute atomic E-state index is 0.0313. The Morgan fingerprint density at radius 3 is 2.60 bits per heavy atom.